The molecule has 0 saturated carbocycles. The smallest absolute Gasteiger partial charge is 0.328 e. The molecule has 0 aliphatic heterocycles. The van der Waals surface area contributed by atoms with Crippen molar-refractivity contribution in [2.75, 3.05) is 12.4 Å². The van der Waals surface area contributed by atoms with Crippen LogP contribution in [0.4, 0.5) is 5.95 Å². The molecule has 1 N–H and O–H groups in total. The molecule has 1 aromatic rings. The molecule has 1 rings (SSSR count). The molecule has 6 nitrogen and oxygen atoms in total. The van der Waals surface area contributed by atoms with E-state index >= 15 is 0 Å². The maximum absolute atomic E-state index is 11.6. The minimum absolute atomic E-state index is 0.314. The van der Waals surface area contributed by atoms with E-state index in [9.17, 15) is 4.79 Å². The maximum atomic E-state index is 11.6. The molecular formula is C12H20N4O2. The summed E-state index contributed by atoms with van der Waals surface area (Å²) < 4.78 is 4.76. The highest BCUT2D eigenvalue weighted by atomic mass is 16.5. The van der Waals surface area contributed by atoms with Gasteiger partial charge in [-0.05, 0) is 26.2 Å². The summed E-state index contributed by atoms with van der Waals surface area (Å²) in [6.45, 7) is 7.77. The van der Waals surface area contributed by atoms with Gasteiger partial charge in [0.2, 0.25) is 5.95 Å². The van der Waals surface area contributed by atoms with Crippen molar-refractivity contribution in [1.82, 2.24) is 15.2 Å². The van der Waals surface area contributed by atoms with Gasteiger partial charge in [0.25, 0.3) is 0 Å². The third-order valence-electron chi connectivity index (χ3n) is 2.59. The largest absolute Gasteiger partial charge is 0.467 e. The molecule has 1 aromatic heterocycles. The standard InChI is InChI=1S/C12H20N4O2/c1-7(2)6-10(11(17)18-5)14-12-13-8(3)9(4)15-16-12/h7,10H,6H2,1-5H3,(H,13,14,16). The summed E-state index contributed by atoms with van der Waals surface area (Å²) in [4.78, 5) is 15.9. The Morgan fingerprint density at radius 2 is 1.94 bits per heavy atom. The molecule has 1 heterocycles. The van der Waals surface area contributed by atoms with Crippen molar-refractivity contribution in [3.8, 4) is 0 Å². The first-order valence-corrected chi connectivity index (χ1v) is 5.96. The highest BCUT2D eigenvalue weighted by Gasteiger charge is 2.21. The molecule has 100 valence electrons. The van der Waals surface area contributed by atoms with Gasteiger partial charge in [-0.1, -0.05) is 13.8 Å². The Morgan fingerprint density at radius 3 is 2.44 bits per heavy atom. The van der Waals surface area contributed by atoms with Gasteiger partial charge in [0.05, 0.1) is 18.5 Å². The zero-order valence-electron chi connectivity index (χ0n) is 11.5. The van der Waals surface area contributed by atoms with Crippen molar-refractivity contribution in [3.05, 3.63) is 11.4 Å². The molecule has 0 spiro atoms. The molecule has 1 atom stereocenters. The number of anilines is 1. The number of hydrogen-bond acceptors (Lipinski definition) is 6. The highest BCUT2D eigenvalue weighted by molar-refractivity contribution is 5.78. The van der Waals surface area contributed by atoms with Gasteiger partial charge in [-0.3, -0.25) is 0 Å². The lowest BCUT2D eigenvalue weighted by Gasteiger charge is -2.18. The van der Waals surface area contributed by atoms with Gasteiger partial charge in [0.15, 0.2) is 0 Å². The molecular weight excluding hydrogens is 232 g/mol. The number of carbonyl (C=O) groups excluding carboxylic acids is 1. The van der Waals surface area contributed by atoms with Crippen LogP contribution >= 0.6 is 0 Å². The number of hydrogen-bond donors (Lipinski definition) is 1. The zero-order chi connectivity index (χ0) is 13.7. The summed E-state index contributed by atoms with van der Waals surface area (Å²) in [5.41, 5.74) is 1.57. The summed E-state index contributed by atoms with van der Waals surface area (Å²) in [6.07, 6.45) is 0.656. The molecule has 0 amide bonds. The quantitative estimate of drug-likeness (QED) is 0.800. The molecule has 0 saturated heterocycles. The number of esters is 1. The number of nitrogens with one attached hydrogen (secondary N) is 1. The topological polar surface area (TPSA) is 77.0 Å². The number of ether oxygens (including phenoxy) is 1. The van der Waals surface area contributed by atoms with Crippen LogP contribution in [0, 0.1) is 19.8 Å². The third kappa shape index (κ3) is 3.94. The van der Waals surface area contributed by atoms with E-state index in [1.54, 1.807) is 0 Å². The Kier molecular flexibility index (Phi) is 5.00. The van der Waals surface area contributed by atoms with Crippen LogP contribution in [-0.4, -0.2) is 34.3 Å². The lowest BCUT2D eigenvalue weighted by atomic mass is 10.0. The number of rotatable bonds is 5. The number of carbonyl (C=O) groups is 1. The third-order valence-corrected chi connectivity index (χ3v) is 2.59. The van der Waals surface area contributed by atoms with Crippen molar-refractivity contribution < 1.29 is 9.53 Å². The van der Waals surface area contributed by atoms with Crippen LogP contribution in [0.5, 0.6) is 0 Å². The molecule has 0 fully saturated rings. The first-order chi connectivity index (χ1) is 8.43. The van der Waals surface area contributed by atoms with Crippen LogP contribution in [0.3, 0.4) is 0 Å². The molecule has 0 bridgehead atoms. The van der Waals surface area contributed by atoms with Crippen LogP contribution < -0.4 is 5.32 Å². The predicted octanol–water partition coefficient (Wildman–Crippen LogP) is 1.49. The van der Waals surface area contributed by atoms with Crippen molar-refractivity contribution in [3.63, 3.8) is 0 Å². The van der Waals surface area contributed by atoms with Crippen LogP contribution in [-0.2, 0) is 9.53 Å². The summed E-state index contributed by atoms with van der Waals surface area (Å²) >= 11 is 0. The monoisotopic (exact) mass is 252 g/mol. The number of methoxy groups -OCH3 is 1. The second-order valence-corrected chi connectivity index (χ2v) is 4.66. The average molecular weight is 252 g/mol. The minimum atomic E-state index is -0.445. The van der Waals surface area contributed by atoms with E-state index in [1.165, 1.54) is 7.11 Å². The lowest BCUT2D eigenvalue weighted by molar-refractivity contribution is -0.141. The predicted molar refractivity (Wildman–Crippen MR) is 68.2 cm³/mol. The molecule has 18 heavy (non-hydrogen) atoms. The van der Waals surface area contributed by atoms with Gasteiger partial charge in [-0.2, -0.15) is 5.10 Å². The van der Waals surface area contributed by atoms with Crippen LogP contribution in [0.1, 0.15) is 31.7 Å². The number of nitrogens with zero attached hydrogens (tertiary/aromatic N) is 3. The van der Waals surface area contributed by atoms with Gasteiger partial charge in [-0.25, -0.2) is 9.78 Å². The van der Waals surface area contributed by atoms with Crippen molar-refractivity contribution >= 4 is 11.9 Å². The molecule has 0 aliphatic rings. The summed E-state index contributed by atoms with van der Waals surface area (Å²) in [6, 6.07) is -0.445. The van der Waals surface area contributed by atoms with Gasteiger partial charge in [0, 0.05) is 0 Å². The Hall–Kier alpha value is -1.72. The average Bonchev–Trinajstić information content (AvgIpc) is 2.31. The highest BCUT2D eigenvalue weighted by Crippen LogP contribution is 2.11. The SMILES string of the molecule is COC(=O)C(CC(C)C)Nc1nnc(C)c(C)n1. The second kappa shape index (κ2) is 6.28. The number of aromatic nitrogens is 3. The van der Waals surface area contributed by atoms with Gasteiger partial charge < -0.3 is 10.1 Å². The van der Waals surface area contributed by atoms with Crippen LogP contribution in [0.25, 0.3) is 0 Å². The van der Waals surface area contributed by atoms with Crippen molar-refractivity contribution in [2.24, 2.45) is 5.92 Å². The maximum Gasteiger partial charge on any atom is 0.328 e. The minimum Gasteiger partial charge on any atom is -0.467 e. The van der Waals surface area contributed by atoms with Gasteiger partial charge in [0.1, 0.15) is 6.04 Å². The Bertz CT molecular complexity index is 421. The lowest BCUT2D eigenvalue weighted by Crippen LogP contribution is -2.33. The van der Waals surface area contributed by atoms with E-state index in [4.69, 9.17) is 4.74 Å². The van der Waals surface area contributed by atoms with Crippen molar-refractivity contribution in [2.45, 2.75) is 40.2 Å². The van der Waals surface area contributed by atoms with Gasteiger partial charge in [-0.15, -0.1) is 5.10 Å². The molecule has 0 radical (unpaired) electrons. The van der Waals surface area contributed by atoms with Crippen LogP contribution in [0.15, 0.2) is 0 Å². The fourth-order valence-corrected chi connectivity index (χ4v) is 1.50. The molecule has 1 unspecified atom stereocenters. The van der Waals surface area contributed by atoms with E-state index in [0.29, 0.717) is 18.3 Å². The van der Waals surface area contributed by atoms with Crippen LogP contribution in [0.2, 0.25) is 0 Å². The first kappa shape index (κ1) is 14.3. The Labute approximate surface area is 107 Å². The van der Waals surface area contributed by atoms with E-state index in [0.717, 1.165) is 11.4 Å². The van der Waals surface area contributed by atoms with Gasteiger partial charge >= 0.3 is 5.97 Å². The van der Waals surface area contributed by atoms with E-state index in [-0.39, 0.29) is 5.97 Å². The van der Waals surface area contributed by atoms with E-state index < -0.39 is 6.04 Å². The zero-order valence-corrected chi connectivity index (χ0v) is 11.5. The molecule has 6 heteroatoms. The Balaban J connectivity index is 2.81. The summed E-state index contributed by atoms with van der Waals surface area (Å²) in [5, 5.41) is 10.9. The number of aryl methyl sites for hydroxylation is 2. The fraction of sp³-hybridized carbons (Fsp3) is 0.667. The summed E-state index contributed by atoms with van der Waals surface area (Å²) in [5.74, 6) is 0.404. The first-order valence-electron chi connectivity index (χ1n) is 5.96. The van der Waals surface area contributed by atoms with E-state index in [2.05, 4.69) is 20.5 Å². The summed E-state index contributed by atoms with van der Waals surface area (Å²) in [7, 11) is 1.37. The molecule has 0 aliphatic carbocycles. The Morgan fingerprint density at radius 1 is 1.28 bits per heavy atom. The second-order valence-electron chi connectivity index (χ2n) is 4.66. The van der Waals surface area contributed by atoms with Crippen molar-refractivity contribution in [1.29, 1.82) is 0 Å². The fourth-order valence-electron chi connectivity index (χ4n) is 1.50. The molecule has 0 aromatic carbocycles. The van der Waals surface area contributed by atoms with E-state index in [1.807, 2.05) is 27.7 Å². The normalized spacial score (nSPS) is 12.3.